The summed E-state index contributed by atoms with van der Waals surface area (Å²) in [5, 5.41) is 55.4. The minimum Gasteiger partial charge on any atom is -0.507 e. The molecule has 15 aromatic carbocycles. The molecule has 0 saturated heterocycles. The summed E-state index contributed by atoms with van der Waals surface area (Å²) < 4.78 is 41.2. The van der Waals surface area contributed by atoms with Crippen molar-refractivity contribution in [2.75, 3.05) is 27.4 Å². The second-order valence-electron chi connectivity index (χ2n) is 34.7. The van der Waals surface area contributed by atoms with Crippen LogP contribution in [0.5, 0.6) is 46.5 Å². The molecule has 0 aliphatic heterocycles. The summed E-state index contributed by atoms with van der Waals surface area (Å²) >= 11 is 3.55. The van der Waals surface area contributed by atoms with E-state index >= 15 is 0 Å². The van der Waals surface area contributed by atoms with E-state index in [-0.39, 0.29) is 23.0 Å². The number of benzene rings is 15. The smallest absolute Gasteiger partial charge is 0.217 e. The van der Waals surface area contributed by atoms with Crippen LogP contribution in [0, 0.1) is 11.8 Å². The molecule has 0 aliphatic rings. The van der Waals surface area contributed by atoms with Crippen LogP contribution in [0.4, 0.5) is 0 Å². The van der Waals surface area contributed by atoms with E-state index in [1.54, 1.807) is 97.6 Å². The summed E-state index contributed by atoms with van der Waals surface area (Å²) in [5.74, 6) is 5.09. The molecule has 23 aromatic rings. The van der Waals surface area contributed by atoms with Gasteiger partial charge in [0.05, 0.1) is 72.5 Å². The molecule has 2 unspecified atom stereocenters. The number of para-hydroxylation sites is 4. The van der Waals surface area contributed by atoms with E-state index < -0.39 is 0 Å². The first-order valence-electron chi connectivity index (χ1n) is 47.4. The van der Waals surface area contributed by atoms with Crippen LogP contribution in [0.2, 0.25) is 0 Å². The van der Waals surface area contributed by atoms with E-state index in [1.807, 2.05) is 78.9 Å². The molecule has 0 spiro atoms. The lowest BCUT2D eigenvalue weighted by molar-refractivity contribution is 0.226. The number of thiophene rings is 2. The summed E-state index contributed by atoms with van der Waals surface area (Å²) in [5.41, 5.74) is 14.5. The maximum Gasteiger partial charge on any atom is 0.217 e. The van der Waals surface area contributed by atoms with Gasteiger partial charge in [-0.3, -0.25) is 0 Å². The zero-order chi connectivity index (χ0) is 95.7. The second kappa shape index (κ2) is 41.3. The van der Waals surface area contributed by atoms with Crippen molar-refractivity contribution in [1.82, 2.24) is 39.9 Å². The molecule has 0 amide bonds. The normalized spacial score (nSPS) is 11.8. The number of fused-ring (bicyclic) bond motifs is 15. The Morgan fingerprint density at radius 2 is 0.657 bits per heavy atom. The van der Waals surface area contributed by atoms with Crippen LogP contribution >= 0.6 is 22.7 Å². The van der Waals surface area contributed by atoms with Gasteiger partial charge in [-0.25, -0.2) is 19.9 Å². The van der Waals surface area contributed by atoms with Crippen molar-refractivity contribution in [2.45, 2.75) is 79.1 Å². The molecule has 2 atom stereocenters. The van der Waals surface area contributed by atoms with Gasteiger partial charge in [-0.2, -0.15) is 19.9 Å². The highest BCUT2D eigenvalue weighted by molar-refractivity contribution is 7.26. The lowest BCUT2D eigenvalue weighted by Gasteiger charge is -2.16. The zero-order valence-electron chi connectivity index (χ0n) is 78.2. The summed E-state index contributed by atoms with van der Waals surface area (Å²) in [6.07, 6.45) is 9.06. The summed E-state index contributed by atoms with van der Waals surface area (Å²) in [6.45, 7) is 10.0. The predicted molar refractivity (Wildman–Crippen MR) is 570 cm³/mol. The number of hydrogen-bond donors (Lipinski definition) is 4. The molecule has 4 N–H and O–H groups in total. The van der Waals surface area contributed by atoms with Crippen LogP contribution in [-0.4, -0.2) is 87.7 Å². The van der Waals surface area contributed by atoms with Gasteiger partial charge < -0.3 is 48.2 Å². The Morgan fingerprint density at radius 1 is 0.271 bits per heavy atom. The topological polar surface area (TPSA) is 247 Å². The SMILES string of the molecule is CCCCC(CC)COc1cc(-c2cc3oc4cc(-c5ccccc5)ccc4c3c3ccccc23)nc(-c2ccccc2O)n1.CCCCC(CC)COc1cc(-c2ccc3c(c2)oc2cc4ccccc4cc23)nc(-c2ccccc2O)n1.COc1cc(-c2ccc3c(c2)sc2ccccc23)nc(-c2ccccc2O)n1.COc1cc(-c2ccc3sc4ccccc4c3c2)nc(-c2ccccc2O)n1. The van der Waals surface area contributed by atoms with Crippen LogP contribution in [-0.2, 0) is 0 Å². The Morgan fingerprint density at radius 3 is 1.20 bits per heavy atom. The van der Waals surface area contributed by atoms with Gasteiger partial charge in [-0.15, -0.1) is 22.7 Å². The largest absolute Gasteiger partial charge is 0.507 e. The Kier molecular flexibility index (Phi) is 26.9. The third-order valence-corrected chi connectivity index (χ3v) is 28.0. The van der Waals surface area contributed by atoms with Crippen LogP contribution in [0.3, 0.4) is 0 Å². The first-order chi connectivity index (χ1) is 68.7. The molecule has 692 valence electrons. The fraction of sp³-hybridized carbons (Fsp3) is 0.150. The van der Waals surface area contributed by atoms with Crippen molar-refractivity contribution in [3.63, 3.8) is 0 Å². The number of nitrogens with zero attached hydrogens (tertiary/aromatic N) is 8. The van der Waals surface area contributed by atoms with Gasteiger partial charge in [-0.05, 0) is 179 Å². The Hall–Kier alpha value is -16.4. The van der Waals surface area contributed by atoms with Gasteiger partial charge in [0.1, 0.15) is 45.3 Å². The molecular formula is C120H100N8O10S2. The first-order valence-corrected chi connectivity index (χ1v) is 49.0. The molecule has 8 heterocycles. The Labute approximate surface area is 817 Å². The fourth-order valence-corrected chi connectivity index (χ4v) is 20.3. The van der Waals surface area contributed by atoms with E-state index in [9.17, 15) is 20.4 Å². The number of ether oxygens (including phenoxy) is 4. The standard InChI is InChI=1S/C40H36N2O3.C34H32N2O3.2C23H16N2O2S/c1-3-5-13-26(4-2)25-44-38-24-34(41-40(42-38)31-18-11-12-19-35(31)43)33-23-37-39(30-17-10-9-16-29(30)33)32-21-20-28(22-36(32)45-37)27-14-7-6-8-15-27;1-3-5-10-22(4-2)21-38-33-20-29(35-34(36-33)27-13-8-9-14-30(27)37)25-15-16-26-28-17-23-11-6-7-12-24(23)18-32(28)39-31(26)19-25;1-27-22-13-18(24-23(25-22)17-7-2-4-8-19(17)26)14-10-11-16-15-6-3-5-9-20(15)28-21(16)12-14;1-27-22-13-18(24-23(25-22)16-7-2-4-8-19(16)26)14-10-11-21-17(12-14)15-6-3-5-9-20(15)28-21/h6-12,14-24,26,43H,3-5,13,25H2,1-2H3;6-9,11-20,22,37H,3-5,10,21H2,1-2H3;2*2-13,26H,1H3. The van der Waals surface area contributed by atoms with Gasteiger partial charge >= 0.3 is 0 Å². The van der Waals surface area contributed by atoms with E-state index in [0.29, 0.717) is 106 Å². The number of methoxy groups -OCH3 is 2. The van der Waals surface area contributed by atoms with E-state index in [2.05, 4.69) is 243 Å². The highest BCUT2D eigenvalue weighted by Crippen LogP contribution is 2.46. The molecular weight excluding hydrogens is 1780 g/mol. The highest BCUT2D eigenvalue weighted by Gasteiger charge is 2.24. The predicted octanol–water partition coefficient (Wildman–Crippen LogP) is 31.8. The molecule has 140 heavy (non-hydrogen) atoms. The van der Waals surface area contributed by atoms with Gasteiger partial charge in [0.25, 0.3) is 0 Å². The highest BCUT2D eigenvalue weighted by atomic mass is 32.1. The number of phenols is 4. The van der Waals surface area contributed by atoms with Crippen molar-refractivity contribution < 1.29 is 48.2 Å². The molecule has 0 bridgehead atoms. The van der Waals surface area contributed by atoms with Crippen molar-refractivity contribution in [3.05, 3.63) is 340 Å². The van der Waals surface area contributed by atoms with Crippen molar-refractivity contribution in [2.24, 2.45) is 11.8 Å². The number of phenolic OH excluding ortho intramolecular Hbond substituents is 4. The molecule has 8 aromatic heterocycles. The van der Waals surface area contributed by atoms with Gasteiger partial charge in [0.15, 0.2) is 23.3 Å². The van der Waals surface area contributed by atoms with Crippen LogP contribution in [0.15, 0.2) is 349 Å². The summed E-state index contributed by atoms with van der Waals surface area (Å²) in [6, 6.07) is 111. The Bertz CT molecular complexity index is 8480. The second-order valence-corrected chi connectivity index (χ2v) is 36.9. The van der Waals surface area contributed by atoms with Gasteiger partial charge in [0.2, 0.25) is 23.5 Å². The minimum absolute atomic E-state index is 0.127. The fourth-order valence-electron chi connectivity index (χ4n) is 18.0. The van der Waals surface area contributed by atoms with Crippen molar-refractivity contribution in [1.29, 1.82) is 0 Å². The molecule has 20 heteroatoms. The summed E-state index contributed by atoms with van der Waals surface area (Å²) in [4.78, 5) is 37.5. The van der Waals surface area contributed by atoms with Crippen molar-refractivity contribution >= 4 is 128 Å². The van der Waals surface area contributed by atoms with Crippen LogP contribution in [0.25, 0.3) is 207 Å². The maximum atomic E-state index is 10.7. The Balaban J connectivity index is 0.000000117. The number of aromatic hydroxyl groups is 4. The average Bonchev–Trinajstić information content (AvgIpc) is 1.53. The average molecular weight is 1880 g/mol. The monoisotopic (exact) mass is 1880 g/mol. The first kappa shape index (κ1) is 91.3. The lowest BCUT2D eigenvalue weighted by atomic mass is 9.96. The molecule has 23 rings (SSSR count). The van der Waals surface area contributed by atoms with Gasteiger partial charge in [-0.1, -0.05) is 260 Å². The third kappa shape index (κ3) is 19.4. The number of unbranched alkanes of at least 4 members (excludes halogenated alkanes) is 2. The minimum atomic E-state index is 0.127. The number of hydrogen-bond acceptors (Lipinski definition) is 20. The molecule has 18 nitrogen and oxygen atoms in total. The molecule has 0 fully saturated rings. The maximum absolute atomic E-state index is 10.7. The van der Waals surface area contributed by atoms with E-state index in [0.717, 1.165) is 137 Å². The lowest BCUT2D eigenvalue weighted by Crippen LogP contribution is -2.12. The quantitative estimate of drug-likeness (QED) is 0.0415. The number of furan rings is 2. The molecule has 0 radical (unpaired) electrons. The number of aromatic nitrogens is 8. The molecule has 0 saturated carbocycles. The van der Waals surface area contributed by atoms with E-state index in [1.165, 1.54) is 65.0 Å². The van der Waals surface area contributed by atoms with E-state index in [4.69, 9.17) is 52.7 Å². The summed E-state index contributed by atoms with van der Waals surface area (Å²) in [7, 11) is 3.16. The van der Waals surface area contributed by atoms with Crippen LogP contribution in [0.1, 0.15) is 79.1 Å². The third-order valence-electron chi connectivity index (χ3n) is 25.7. The van der Waals surface area contributed by atoms with Gasteiger partial charge in [0, 0.05) is 108 Å². The zero-order valence-corrected chi connectivity index (χ0v) is 79.8. The number of rotatable bonds is 25. The van der Waals surface area contributed by atoms with Crippen molar-refractivity contribution in [3.8, 4) is 148 Å². The van der Waals surface area contributed by atoms with Crippen LogP contribution < -0.4 is 18.9 Å². The molecule has 0 aliphatic carbocycles.